The fraction of sp³-hybridized carbons (Fsp3) is 0.118. The molecule has 2 aromatic carbocycles. The Kier molecular flexibility index (Phi) is 4.90. The van der Waals surface area contributed by atoms with Crippen LogP contribution >= 0.6 is 12.2 Å². The van der Waals surface area contributed by atoms with E-state index in [2.05, 4.69) is 15.3 Å². The number of H-pyrrole nitrogens is 1. The van der Waals surface area contributed by atoms with E-state index in [1.165, 1.54) is 23.0 Å². The molecule has 0 spiro atoms. The van der Waals surface area contributed by atoms with Crippen molar-refractivity contribution in [2.24, 2.45) is 5.10 Å². The first-order chi connectivity index (χ1) is 12.5. The monoisotopic (exact) mass is 372 g/mol. The van der Waals surface area contributed by atoms with Gasteiger partial charge in [0, 0.05) is 5.56 Å². The molecule has 0 amide bonds. The third kappa shape index (κ3) is 3.38. The Morgan fingerprint density at radius 1 is 1.08 bits per heavy atom. The number of rotatable bonds is 5. The molecule has 26 heavy (non-hydrogen) atoms. The summed E-state index contributed by atoms with van der Waals surface area (Å²) in [6.45, 7) is 0. The number of aromatic amines is 1. The number of ether oxygens (including phenoxy) is 2. The lowest BCUT2D eigenvalue weighted by molar-refractivity contribution is 0.355. The molecular formula is C17H16N4O4S. The Morgan fingerprint density at radius 2 is 1.85 bits per heavy atom. The highest BCUT2D eigenvalue weighted by atomic mass is 32.1. The summed E-state index contributed by atoms with van der Waals surface area (Å²) in [5.41, 5.74) is 1.31. The van der Waals surface area contributed by atoms with Crippen LogP contribution in [0.25, 0.3) is 11.4 Å². The number of nitrogens with one attached hydrogen (secondary N) is 1. The standard InChI is InChI=1S/C17H16N4O4S/c1-24-14-6-4-11(8-15(14)25-2)16-19-20-17(26)21(16)18-9-10-3-5-12(22)13(23)7-10/h3-9,22-23H,1-2H3,(H,20,26)/b18-9-. The van der Waals surface area contributed by atoms with E-state index in [0.29, 0.717) is 27.7 Å². The summed E-state index contributed by atoms with van der Waals surface area (Å²) in [5.74, 6) is 1.20. The molecular weight excluding hydrogens is 356 g/mol. The van der Waals surface area contributed by atoms with E-state index in [-0.39, 0.29) is 11.5 Å². The maximum Gasteiger partial charge on any atom is 0.216 e. The van der Waals surface area contributed by atoms with Crippen LogP contribution in [0.5, 0.6) is 23.0 Å². The first kappa shape index (κ1) is 17.5. The molecule has 134 valence electrons. The van der Waals surface area contributed by atoms with E-state index < -0.39 is 0 Å². The van der Waals surface area contributed by atoms with Crippen molar-refractivity contribution in [2.45, 2.75) is 0 Å². The van der Waals surface area contributed by atoms with Crippen molar-refractivity contribution in [3.05, 3.63) is 46.7 Å². The number of phenolic OH excluding ortho intramolecular Hbond substituents is 2. The average Bonchev–Trinajstić information content (AvgIpc) is 3.02. The third-order valence-corrected chi connectivity index (χ3v) is 3.88. The Hall–Kier alpha value is -3.33. The molecule has 0 bridgehead atoms. The summed E-state index contributed by atoms with van der Waals surface area (Å²) in [6.07, 6.45) is 1.49. The number of hydrogen-bond acceptors (Lipinski definition) is 7. The van der Waals surface area contributed by atoms with Gasteiger partial charge < -0.3 is 19.7 Å². The SMILES string of the molecule is COc1ccc(-c2n[nH]c(=S)n2/N=C\c2ccc(O)c(O)c2)cc1OC. The lowest BCUT2D eigenvalue weighted by atomic mass is 10.2. The van der Waals surface area contributed by atoms with Gasteiger partial charge in [-0.15, -0.1) is 0 Å². The van der Waals surface area contributed by atoms with Crippen molar-refractivity contribution >= 4 is 18.4 Å². The zero-order valence-electron chi connectivity index (χ0n) is 14.0. The molecule has 0 atom stereocenters. The summed E-state index contributed by atoms with van der Waals surface area (Å²) in [7, 11) is 3.11. The van der Waals surface area contributed by atoms with Gasteiger partial charge in [0.2, 0.25) is 4.77 Å². The van der Waals surface area contributed by atoms with Crippen LogP contribution in [0.15, 0.2) is 41.5 Å². The van der Waals surface area contributed by atoms with Crippen LogP contribution in [0, 0.1) is 4.77 Å². The highest BCUT2D eigenvalue weighted by Crippen LogP contribution is 2.31. The van der Waals surface area contributed by atoms with E-state index >= 15 is 0 Å². The Labute approximate surface area is 154 Å². The van der Waals surface area contributed by atoms with Crippen molar-refractivity contribution in [2.75, 3.05) is 14.2 Å². The van der Waals surface area contributed by atoms with E-state index in [9.17, 15) is 10.2 Å². The van der Waals surface area contributed by atoms with Crippen molar-refractivity contribution < 1.29 is 19.7 Å². The Balaban J connectivity index is 2.00. The Bertz CT molecular complexity index is 1030. The molecule has 0 aliphatic carbocycles. The topological polar surface area (TPSA) is 105 Å². The third-order valence-electron chi connectivity index (χ3n) is 3.61. The maximum absolute atomic E-state index is 9.57. The average molecular weight is 372 g/mol. The Morgan fingerprint density at radius 3 is 2.54 bits per heavy atom. The van der Waals surface area contributed by atoms with Gasteiger partial charge in [-0.3, -0.25) is 0 Å². The van der Waals surface area contributed by atoms with Crippen molar-refractivity contribution in [1.82, 2.24) is 14.9 Å². The van der Waals surface area contributed by atoms with Crippen molar-refractivity contribution in [1.29, 1.82) is 0 Å². The normalized spacial score (nSPS) is 11.0. The molecule has 9 heteroatoms. The molecule has 1 heterocycles. The molecule has 3 rings (SSSR count). The number of benzene rings is 2. The number of aromatic hydroxyl groups is 2. The summed E-state index contributed by atoms with van der Waals surface area (Å²) in [4.78, 5) is 0. The van der Waals surface area contributed by atoms with Gasteiger partial charge in [-0.05, 0) is 54.2 Å². The molecule has 3 aromatic rings. The van der Waals surface area contributed by atoms with Crippen LogP contribution < -0.4 is 9.47 Å². The second-order valence-corrected chi connectivity index (χ2v) is 5.61. The first-order valence-electron chi connectivity index (χ1n) is 7.49. The fourth-order valence-corrected chi connectivity index (χ4v) is 2.49. The molecule has 0 saturated carbocycles. The van der Waals surface area contributed by atoms with Crippen LogP contribution in [-0.2, 0) is 0 Å². The van der Waals surface area contributed by atoms with Gasteiger partial charge in [-0.1, -0.05) is 0 Å². The minimum atomic E-state index is -0.232. The predicted octanol–water partition coefficient (Wildman–Crippen LogP) is 2.92. The number of hydrogen-bond donors (Lipinski definition) is 3. The minimum Gasteiger partial charge on any atom is -0.504 e. The summed E-state index contributed by atoms with van der Waals surface area (Å²) < 4.78 is 12.3. The highest BCUT2D eigenvalue weighted by Gasteiger charge is 2.12. The quantitative estimate of drug-likeness (QED) is 0.361. The second kappa shape index (κ2) is 7.28. The molecule has 0 unspecified atom stereocenters. The summed E-state index contributed by atoms with van der Waals surface area (Å²) in [6, 6.07) is 9.71. The molecule has 1 aromatic heterocycles. The number of nitrogens with zero attached hydrogens (tertiary/aromatic N) is 3. The van der Waals surface area contributed by atoms with Gasteiger partial charge in [-0.2, -0.15) is 14.9 Å². The largest absolute Gasteiger partial charge is 0.504 e. The fourth-order valence-electron chi connectivity index (χ4n) is 2.31. The molecule has 0 aliphatic rings. The van der Waals surface area contributed by atoms with Gasteiger partial charge in [0.1, 0.15) is 0 Å². The van der Waals surface area contributed by atoms with Gasteiger partial charge in [0.15, 0.2) is 28.8 Å². The van der Waals surface area contributed by atoms with Crippen LogP contribution in [0.1, 0.15) is 5.56 Å². The molecule has 0 saturated heterocycles. The van der Waals surface area contributed by atoms with Gasteiger partial charge >= 0.3 is 0 Å². The van der Waals surface area contributed by atoms with Gasteiger partial charge in [-0.25, -0.2) is 5.10 Å². The number of methoxy groups -OCH3 is 2. The lowest BCUT2D eigenvalue weighted by Crippen LogP contribution is -1.96. The zero-order valence-corrected chi connectivity index (χ0v) is 14.8. The van der Waals surface area contributed by atoms with E-state index in [1.54, 1.807) is 32.4 Å². The molecule has 3 N–H and O–H groups in total. The number of phenols is 2. The van der Waals surface area contributed by atoms with Crippen molar-refractivity contribution in [3.8, 4) is 34.4 Å². The predicted molar refractivity (Wildman–Crippen MR) is 98.7 cm³/mol. The molecule has 0 aliphatic heterocycles. The van der Waals surface area contributed by atoms with Gasteiger partial charge in [0.05, 0.1) is 20.4 Å². The first-order valence-corrected chi connectivity index (χ1v) is 7.90. The molecule has 0 radical (unpaired) electrons. The minimum absolute atomic E-state index is 0.201. The molecule has 8 nitrogen and oxygen atoms in total. The molecule has 0 fully saturated rings. The van der Waals surface area contributed by atoms with Crippen LogP contribution in [0.2, 0.25) is 0 Å². The van der Waals surface area contributed by atoms with Crippen LogP contribution in [-0.4, -0.2) is 45.5 Å². The second-order valence-electron chi connectivity index (χ2n) is 5.23. The van der Waals surface area contributed by atoms with Gasteiger partial charge in [0.25, 0.3) is 0 Å². The van der Waals surface area contributed by atoms with E-state index in [1.807, 2.05) is 6.07 Å². The summed E-state index contributed by atoms with van der Waals surface area (Å²) >= 11 is 5.23. The van der Waals surface area contributed by atoms with E-state index in [4.69, 9.17) is 21.7 Å². The highest BCUT2D eigenvalue weighted by molar-refractivity contribution is 7.71. The lowest BCUT2D eigenvalue weighted by Gasteiger charge is -2.09. The number of aromatic nitrogens is 3. The zero-order chi connectivity index (χ0) is 18.7. The smallest absolute Gasteiger partial charge is 0.216 e. The van der Waals surface area contributed by atoms with Crippen LogP contribution in [0.4, 0.5) is 0 Å². The van der Waals surface area contributed by atoms with E-state index in [0.717, 1.165) is 5.56 Å². The van der Waals surface area contributed by atoms with Crippen molar-refractivity contribution in [3.63, 3.8) is 0 Å². The summed E-state index contributed by atoms with van der Waals surface area (Å²) in [5, 5.41) is 30.2. The maximum atomic E-state index is 9.57. The van der Waals surface area contributed by atoms with Crippen LogP contribution in [0.3, 0.4) is 0 Å².